The molecule has 1 fully saturated rings. The first-order valence-electron chi connectivity index (χ1n) is 11.8. The van der Waals surface area contributed by atoms with Crippen molar-refractivity contribution in [1.82, 2.24) is 10.0 Å². The van der Waals surface area contributed by atoms with Crippen LogP contribution in [0.4, 0.5) is 4.39 Å². The van der Waals surface area contributed by atoms with Gasteiger partial charge in [0.05, 0.1) is 18.1 Å². The highest BCUT2D eigenvalue weighted by Gasteiger charge is 2.29. The molecule has 0 spiro atoms. The van der Waals surface area contributed by atoms with Gasteiger partial charge in [-0.15, -0.1) is 16.4 Å². The fourth-order valence-corrected chi connectivity index (χ4v) is 4.38. The molecule has 1 aliphatic rings. The molecule has 0 saturated carbocycles. The lowest BCUT2D eigenvalue weighted by Gasteiger charge is -2.29. The van der Waals surface area contributed by atoms with Crippen LogP contribution in [0.2, 0.25) is 0 Å². The number of benzene rings is 2. The Kier molecular flexibility index (Phi) is 8.76. The molecule has 8 nitrogen and oxygen atoms in total. The van der Waals surface area contributed by atoms with Crippen LogP contribution in [0.1, 0.15) is 51.2 Å². The molecular formula is C27H25FN2O6S. The van der Waals surface area contributed by atoms with Gasteiger partial charge in [-0.25, -0.2) is 19.0 Å². The molecule has 0 aliphatic carbocycles. The first-order valence-corrected chi connectivity index (χ1v) is 12.6. The standard InChI is InChI=1S/C27H25FN2O6S/c1-2-34-27(33)22-17-37-24(29-22)16-23(18-8-10-21(28)11-9-18)35-25(31)20-12-14-30(15-13-20)36-26(32)19-6-4-3-5-7-19/h3-11,16-17,20H,2,12-15H2,1H3/b23-16+. The normalized spacial score (nSPS) is 14.7. The summed E-state index contributed by atoms with van der Waals surface area (Å²) in [4.78, 5) is 46.9. The molecular weight excluding hydrogens is 499 g/mol. The number of rotatable bonds is 8. The SMILES string of the molecule is CCOC(=O)c1csc(/C=C(/OC(=O)C2CCN(OC(=O)c3ccccc3)CC2)c2ccc(F)cc2)n1. The predicted octanol–water partition coefficient (Wildman–Crippen LogP) is 4.98. The molecule has 3 aromatic rings. The summed E-state index contributed by atoms with van der Waals surface area (Å²) >= 11 is 1.19. The third kappa shape index (κ3) is 7.08. The molecule has 0 N–H and O–H groups in total. The maximum Gasteiger partial charge on any atom is 0.357 e. The van der Waals surface area contributed by atoms with Crippen LogP contribution in [0.5, 0.6) is 0 Å². The second-order valence-corrected chi connectivity index (χ2v) is 9.07. The van der Waals surface area contributed by atoms with Crippen molar-refractivity contribution in [3.63, 3.8) is 0 Å². The van der Waals surface area contributed by atoms with Crippen molar-refractivity contribution in [1.29, 1.82) is 0 Å². The fourth-order valence-electron chi connectivity index (χ4n) is 3.67. The highest BCUT2D eigenvalue weighted by atomic mass is 32.1. The van der Waals surface area contributed by atoms with E-state index in [2.05, 4.69) is 4.98 Å². The van der Waals surface area contributed by atoms with Crippen molar-refractivity contribution in [2.24, 2.45) is 5.92 Å². The minimum Gasteiger partial charge on any atom is -0.461 e. The van der Waals surface area contributed by atoms with Gasteiger partial charge in [0.15, 0.2) is 5.69 Å². The van der Waals surface area contributed by atoms with Gasteiger partial charge in [-0.1, -0.05) is 18.2 Å². The van der Waals surface area contributed by atoms with Crippen molar-refractivity contribution in [2.75, 3.05) is 19.7 Å². The number of ether oxygens (including phenoxy) is 2. The average Bonchev–Trinajstić information content (AvgIpc) is 3.38. The van der Waals surface area contributed by atoms with E-state index in [0.717, 1.165) is 0 Å². The van der Waals surface area contributed by atoms with Crippen molar-refractivity contribution in [3.8, 4) is 0 Å². The Labute approximate surface area is 217 Å². The van der Waals surface area contributed by atoms with E-state index in [1.807, 2.05) is 6.07 Å². The van der Waals surface area contributed by atoms with E-state index in [0.29, 0.717) is 42.1 Å². The van der Waals surface area contributed by atoms with Gasteiger partial charge in [0.25, 0.3) is 0 Å². The van der Waals surface area contributed by atoms with Crippen molar-refractivity contribution in [3.05, 3.63) is 87.6 Å². The first kappa shape index (κ1) is 26.2. The van der Waals surface area contributed by atoms with Crippen LogP contribution < -0.4 is 0 Å². The van der Waals surface area contributed by atoms with Crippen LogP contribution in [0.3, 0.4) is 0 Å². The van der Waals surface area contributed by atoms with Gasteiger partial charge in [-0.05, 0) is 56.2 Å². The van der Waals surface area contributed by atoms with E-state index in [-0.39, 0.29) is 18.1 Å². The molecule has 0 amide bonds. The fraction of sp³-hybridized carbons (Fsp3) is 0.259. The summed E-state index contributed by atoms with van der Waals surface area (Å²) in [5.74, 6) is -2.10. The summed E-state index contributed by atoms with van der Waals surface area (Å²) < 4.78 is 24.2. The number of hydroxylamine groups is 2. The maximum absolute atomic E-state index is 13.5. The van der Waals surface area contributed by atoms with Gasteiger partial charge in [-0.3, -0.25) is 4.79 Å². The van der Waals surface area contributed by atoms with Crippen molar-refractivity contribution >= 4 is 41.1 Å². The average molecular weight is 525 g/mol. The molecule has 192 valence electrons. The number of carbonyl (C=O) groups excluding carboxylic acids is 3. The third-order valence-corrected chi connectivity index (χ3v) is 6.40. The minimum absolute atomic E-state index is 0.153. The zero-order valence-electron chi connectivity index (χ0n) is 20.1. The van der Waals surface area contributed by atoms with E-state index < -0.39 is 29.6 Å². The second kappa shape index (κ2) is 12.4. The lowest BCUT2D eigenvalue weighted by Crippen LogP contribution is -2.38. The molecule has 0 radical (unpaired) electrons. The molecule has 2 aromatic carbocycles. The summed E-state index contributed by atoms with van der Waals surface area (Å²) in [7, 11) is 0. The summed E-state index contributed by atoms with van der Waals surface area (Å²) in [6.07, 6.45) is 2.40. The number of piperidine rings is 1. The van der Waals surface area contributed by atoms with Gasteiger partial charge in [0, 0.05) is 30.1 Å². The van der Waals surface area contributed by atoms with Gasteiger partial charge in [0.2, 0.25) is 0 Å². The van der Waals surface area contributed by atoms with E-state index >= 15 is 0 Å². The lowest BCUT2D eigenvalue weighted by molar-refractivity contribution is -0.152. The molecule has 0 bridgehead atoms. The molecule has 1 saturated heterocycles. The van der Waals surface area contributed by atoms with Crippen LogP contribution in [0.15, 0.2) is 60.0 Å². The van der Waals surface area contributed by atoms with E-state index in [1.54, 1.807) is 41.6 Å². The topological polar surface area (TPSA) is 95.0 Å². The summed E-state index contributed by atoms with van der Waals surface area (Å²) in [6, 6.07) is 14.2. The Hall–Kier alpha value is -3.89. The zero-order valence-corrected chi connectivity index (χ0v) is 20.9. The number of esters is 2. The molecule has 4 rings (SSSR count). The van der Waals surface area contributed by atoms with Crippen LogP contribution >= 0.6 is 11.3 Å². The molecule has 0 unspecified atom stereocenters. The van der Waals surface area contributed by atoms with Crippen LogP contribution in [-0.4, -0.2) is 47.7 Å². The van der Waals surface area contributed by atoms with Crippen LogP contribution in [0, 0.1) is 11.7 Å². The summed E-state index contributed by atoms with van der Waals surface area (Å²) in [5.41, 5.74) is 1.09. The molecule has 2 heterocycles. The van der Waals surface area contributed by atoms with Crippen LogP contribution in [-0.2, 0) is 19.1 Å². The van der Waals surface area contributed by atoms with Gasteiger partial charge < -0.3 is 14.3 Å². The molecule has 1 aromatic heterocycles. The third-order valence-electron chi connectivity index (χ3n) is 5.61. The number of aromatic nitrogens is 1. The van der Waals surface area contributed by atoms with E-state index in [9.17, 15) is 18.8 Å². The summed E-state index contributed by atoms with van der Waals surface area (Å²) in [6.45, 7) is 2.69. The molecule has 1 aliphatic heterocycles. The Morgan fingerprint density at radius 2 is 1.73 bits per heavy atom. The highest BCUT2D eigenvalue weighted by Crippen LogP contribution is 2.26. The molecule has 0 atom stereocenters. The van der Waals surface area contributed by atoms with Gasteiger partial charge in [0.1, 0.15) is 16.6 Å². The smallest absolute Gasteiger partial charge is 0.357 e. The van der Waals surface area contributed by atoms with E-state index in [4.69, 9.17) is 14.3 Å². The number of hydrogen-bond acceptors (Lipinski definition) is 9. The summed E-state index contributed by atoms with van der Waals surface area (Å²) in [5, 5.41) is 3.53. The number of thiazole rings is 1. The minimum atomic E-state index is -0.543. The molecule has 37 heavy (non-hydrogen) atoms. The molecule has 10 heteroatoms. The Morgan fingerprint density at radius 1 is 1.03 bits per heavy atom. The second-order valence-electron chi connectivity index (χ2n) is 8.18. The zero-order chi connectivity index (χ0) is 26.2. The number of hydrogen-bond donors (Lipinski definition) is 0. The van der Waals surface area contributed by atoms with Crippen LogP contribution in [0.25, 0.3) is 11.8 Å². The maximum atomic E-state index is 13.5. The van der Waals surface area contributed by atoms with E-state index in [1.165, 1.54) is 41.7 Å². The Bertz CT molecular complexity index is 1270. The quantitative estimate of drug-likeness (QED) is 0.301. The Balaban J connectivity index is 1.42. The Morgan fingerprint density at radius 3 is 2.41 bits per heavy atom. The van der Waals surface area contributed by atoms with Gasteiger partial charge >= 0.3 is 17.9 Å². The van der Waals surface area contributed by atoms with Crippen molar-refractivity contribution in [2.45, 2.75) is 19.8 Å². The number of carbonyl (C=O) groups is 3. The monoisotopic (exact) mass is 524 g/mol. The van der Waals surface area contributed by atoms with Crippen molar-refractivity contribution < 1.29 is 33.1 Å². The number of halogens is 1. The first-order chi connectivity index (χ1) is 17.9. The predicted molar refractivity (Wildman–Crippen MR) is 135 cm³/mol. The lowest BCUT2D eigenvalue weighted by atomic mass is 9.98. The van der Waals surface area contributed by atoms with Gasteiger partial charge in [-0.2, -0.15) is 0 Å². The largest absolute Gasteiger partial charge is 0.461 e. The number of nitrogens with zero attached hydrogens (tertiary/aromatic N) is 2. The highest BCUT2D eigenvalue weighted by molar-refractivity contribution is 7.10.